The molecule has 0 bridgehead atoms. The van der Waals surface area contributed by atoms with E-state index in [0.717, 1.165) is 16.7 Å². The number of nitrogens with zero attached hydrogens (tertiary/aromatic N) is 2. The number of halogens is 3. The van der Waals surface area contributed by atoms with Crippen LogP contribution < -0.4 is 5.49 Å². The van der Waals surface area contributed by atoms with Gasteiger partial charge in [-0.3, -0.25) is 15.4 Å². The van der Waals surface area contributed by atoms with E-state index in [2.05, 4.69) is 4.98 Å². The third kappa shape index (κ3) is 2.14. The van der Waals surface area contributed by atoms with Crippen LogP contribution in [0.25, 0.3) is 0 Å². The number of benzene rings is 1. The molecular weight excluding hydrogens is 262 g/mol. The number of rotatable bonds is 1. The molecule has 0 radical (unpaired) electrons. The third-order valence-electron chi connectivity index (χ3n) is 2.27. The van der Waals surface area contributed by atoms with E-state index in [1.807, 2.05) is 0 Å². The summed E-state index contributed by atoms with van der Waals surface area (Å²) in [5.41, 5.74) is -0.370. The molecule has 92 valence electrons. The van der Waals surface area contributed by atoms with Gasteiger partial charge in [-0.1, -0.05) is 11.6 Å². The zero-order chi connectivity index (χ0) is 13.3. The fourth-order valence-corrected chi connectivity index (χ4v) is 1.55. The second kappa shape index (κ2) is 4.66. The summed E-state index contributed by atoms with van der Waals surface area (Å²) in [5, 5.41) is 15.3. The summed E-state index contributed by atoms with van der Waals surface area (Å²) >= 11 is 5.64. The summed E-state index contributed by atoms with van der Waals surface area (Å²) in [5.74, 6) is -1.92. The summed E-state index contributed by atoms with van der Waals surface area (Å²) in [7, 11) is 0. The molecule has 0 fully saturated rings. The van der Waals surface area contributed by atoms with Crippen molar-refractivity contribution in [1.29, 1.82) is 10.8 Å². The van der Waals surface area contributed by atoms with Crippen molar-refractivity contribution in [1.82, 2.24) is 9.55 Å². The van der Waals surface area contributed by atoms with Gasteiger partial charge >= 0.3 is 0 Å². The molecule has 2 rings (SSSR count). The lowest BCUT2D eigenvalue weighted by atomic mass is 10.2. The van der Waals surface area contributed by atoms with E-state index in [-0.39, 0.29) is 22.0 Å². The predicted molar refractivity (Wildman–Crippen MR) is 61.7 cm³/mol. The first-order chi connectivity index (χ1) is 8.50. The molecule has 7 heteroatoms. The molecule has 2 aromatic rings. The van der Waals surface area contributed by atoms with E-state index in [9.17, 15) is 8.78 Å². The van der Waals surface area contributed by atoms with Gasteiger partial charge in [0, 0.05) is 18.5 Å². The maximum atomic E-state index is 13.5. The number of hydrogen-bond acceptors (Lipinski definition) is 3. The summed E-state index contributed by atoms with van der Waals surface area (Å²) < 4.78 is 27.3. The largest absolute Gasteiger partial charge is 0.283 e. The highest BCUT2D eigenvalue weighted by Crippen LogP contribution is 2.10. The molecule has 0 aliphatic heterocycles. The average Bonchev–Trinajstić information content (AvgIpc) is 2.32. The van der Waals surface area contributed by atoms with Gasteiger partial charge < -0.3 is 0 Å². The van der Waals surface area contributed by atoms with Crippen molar-refractivity contribution in [3.63, 3.8) is 0 Å². The van der Waals surface area contributed by atoms with Crippen LogP contribution in [0.3, 0.4) is 0 Å². The van der Waals surface area contributed by atoms with Crippen molar-refractivity contribution in [3.8, 4) is 0 Å². The summed E-state index contributed by atoms with van der Waals surface area (Å²) in [4.78, 5) is 3.66. The Morgan fingerprint density at radius 3 is 2.72 bits per heavy atom. The van der Waals surface area contributed by atoms with Crippen LogP contribution in [0.15, 0.2) is 30.6 Å². The molecule has 0 aliphatic carbocycles. The van der Waals surface area contributed by atoms with Gasteiger partial charge in [-0.15, -0.1) is 0 Å². The smallest absolute Gasteiger partial charge is 0.171 e. The lowest BCUT2D eigenvalue weighted by Crippen LogP contribution is -2.28. The predicted octanol–water partition coefficient (Wildman–Crippen LogP) is 2.17. The van der Waals surface area contributed by atoms with Crippen LogP contribution in [0.1, 0.15) is 5.56 Å². The fourth-order valence-electron chi connectivity index (χ4n) is 1.40. The van der Waals surface area contributed by atoms with Crippen LogP contribution in [-0.2, 0) is 0 Å². The van der Waals surface area contributed by atoms with Gasteiger partial charge in [-0.05, 0) is 12.1 Å². The number of hydrogen-bond donors (Lipinski definition) is 2. The van der Waals surface area contributed by atoms with Gasteiger partial charge in [-0.25, -0.2) is 13.8 Å². The molecule has 1 aromatic carbocycles. The number of nitrogens with one attached hydrogen (secondary N) is 2. The first-order valence-corrected chi connectivity index (χ1v) is 5.20. The molecule has 0 saturated heterocycles. The molecule has 2 N–H and O–H groups in total. The molecule has 1 heterocycles. The van der Waals surface area contributed by atoms with Crippen LogP contribution in [0.4, 0.5) is 8.78 Å². The van der Waals surface area contributed by atoms with Crippen molar-refractivity contribution >= 4 is 17.4 Å². The van der Waals surface area contributed by atoms with E-state index in [4.69, 9.17) is 22.4 Å². The Labute approximate surface area is 106 Å². The Bertz CT molecular complexity index is 681. The molecule has 0 spiro atoms. The first-order valence-electron chi connectivity index (χ1n) is 4.83. The van der Waals surface area contributed by atoms with Crippen molar-refractivity contribution in [2.75, 3.05) is 0 Å². The zero-order valence-electron chi connectivity index (χ0n) is 8.92. The standard InChI is InChI=1S/C11H7ClF2N4/c12-9-11(16)18(4-3-17-9)10(15)7-2-1-6(13)5-8(7)14/h1-5,15-16H. The van der Waals surface area contributed by atoms with Gasteiger partial charge in [0.05, 0.1) is 5.56 Å². The highest BCUT2D eigenvalue weighted by Gasteiger charge is 2.12. The molecule has 0 unspecified atom stereocenters. The van der Waals surface area contributed by atoms with Crippen LogP contribution in [0.5, 0.6) is 0 Å². The normalized spacial score (nSPS) is 10.4. The molecule has 4 nitrogen and oxygen atoms in total. The third-order valence-corrected chi connectivity index (χ3v) is 2.54. The zero-order valence-corrected chi connectivity index (χ0v) is 9.67. The van der Waals surface area contributed by atoms with Crippen LogP contribution in [0.2, 0.25) is 5.15 Å². The minimum absolute atomic E-state index is 0.107. The van der Waals surface area contributed by atoms with E-state index in [0.29, 0.717) is 6.07 Å². The highest BCUT2D eigenvalue weighted by molar-refractivity contribution is 6.29. The first kappa shape index (κ1) is 12.4. The quantitative estimate of drug-likeness (QED) is 0.604. The summed E-state index contributed by atoms with van der Waals surface area (Å²) in [6, 6.07) is 2.85. The minimum Gasteiger partial charge on any atom is -0.283 e. The van der Waals surface area contributed by atoms with Crippen molar-refractivity contribution in [3.05, 3.63) is 58.4 Å². The van der Waals surface area contributed by atoms with Gasteiger partial charge in [-0.2, -0.15) is 0 Å². The molecule has 18 heavy (non-hydrogen) atoms. The van der Waals surface area contributed by atoms with Crippen molar-refractivity contribution in [2.24, 2.45) is 0 Å². The molecular formula is C11H7ClF2N4. The number of aromatic nitrogens is 2. The topological polar surface area (TPSA) is 65.5 Å². The van der Waals surface area contributed by atoms with Crippen LogP contribution in [-0.4, -0.2) is 15.4 Å². The second-order valence-electron chi connectivity index (χ2n) is 3.41. The van der Waals surface area contributed by atoms with Crippen molar-refractivity contribution in [2.45, 2.75) is 0 Å². The van der Waals surface area contributed by atoms with E-state index < -0.39 is 11.6 Å². The maximum absolute atomic E-state index is 13.5. The Morgan fingerprint density at radius 1 is 1.33 bits per heavy atom. The van der Waals surface area contributed by atoms with Crippen LogP contribution >= 0.6 is 11.6 Å². The Balaban J connectivity index is 2.55. The Kier molecular flexibility index (Phi) is 3.20. The molecule has 0 atom stereocenters. The Hall–Kier alpha value is -2.08. The van der Waals surface area contributed by atoms with Gasteiger partial charge in [0.25, 0.3) is 0 Å². The SMILES string of the molecule is N=C(c1ccc(F)cc1F)n1ccnc(Cl)c1=N. The lowest BCUT2D eigenvalue weighted by Gasteiger charge is -2.09. The summed E-state index contributed by atoms with van der Waals surface area (Å²) in [6.45, 7) is 0. The molecule has 0 aliphatic rings. The maximum Gasteiger partial charge on any atom is 0.171 e. The molecule has 0 saturated carbocycles. The lowest BCUT2D eigenvalue weighted by molar-refractivity contribution is 0.581. The molecule has 0 amide bonds. The molecule has 1 aromatic heterocycles. The monoisotopic (exact) mass is 268 g/mol. The van der Waals surface area contributed by atoms with Gasteiger partial charge in [0.1, 0.15) is 17.5 Å². The van der Waals surface area contributed by atoms with E-state index in [1.165, 1.54) is 12.4 Å². The van der Waals surface area contributed by atoms with Crippen LogP contribution in [0, 0.1) is 22.5 Å². The summed E-state index contributed by atoms with van der Waals surface area (Å²) in [6.07, 6.45) is 2.59. The fraction of sp³-hybridized carbons (Fsp3) is 0. The van der Waals surface area contributed by atoms with Gasteiger partial charge in [0.2, 0.25) is 0 Å². The minimum atomic E-state index is -0.875. The van der Waals surface area contributed by atoms with E-state index in [1.54, 1.807) is 0 Å². The second-order valence-corrected chi connectivity index (χ2v) is 3.77. The Morgan fingerprint density at radius 2 is 2.06 bits per heavy atom. The highest BCUT2D eigenvalue weighted by atomic mass is 35.5. The van der Waals surface area contributed by atoms with E-state index >= 15 is 0 Å². The van der Waals surface area contributed by atoms with Crippen molar-refractivity contribution < 1.29 is 8.78 Å². The van der Waals surface area contributed by atoms with Gasteiger partial charge in [0.15, 0.2) is 10.6 Å². The average molecular weight is 269 g/mol.